The highest BCUT2D eigenvalue weighted by Gasteiger charge is 2.32. The molecule has 0 aliphatic carbocycles. The maximum atomic E-state index is 13.1. The molecule has 0 radical (unpaired) electrons. The summed E-state index contributed by atoms with van der Waals surface area (Å²) in [5, 5.41) is 2.99. The van der Waals surface area contributed by atoms with Crippen LogP contribution in [0, 0.1) is 0 Å². The minimum atomic E-state index is -0.238. The lowest BCUT2D eigenvalue weighted by Gasteiger charge is -2.36. The number of para-hydroxylation sites is 1. The SMILES string of the molecule is O=C(NCC1Cn2cccc2C(=O)N1Cc1cccnc1)c1cccc2nccnc12. The number of aromatic nitrogens is 4. The van der Waals surface area contributed by atoms with E-state index in [2.05, 4.69) is 20.3 Å². The zero-order valence-corrected chi connectivity index (χ0v) is 16.7. The van der Waals surface area contributed by atoms with Gasteiger partial charge in [-0.3, -0.25) is 24.5 Å². The van der Waals surface area contributed by atoms with E-state index in [0.717, 1.165) is 5.56 Å². The molecule has 4 aromatic rings. The fourth-order valence-electron chi connectivity index (χ4n) is 3.95. The molecule has 154 valence electrons. The van der Waals surface area contributed by atoms with Crippen LogP contribution in [0.1, 0.15) is 26.4 Å². The third-order valence-corrected chi connectivity index (χ3v) is 5.47. The minimum absolute atomic E-state index is 0.0598. The number of carbonyl (C=O) groups is 2. The monoisotopic (exact) mass is 412 g/mol. The highest BCUT2D eigenvalue weighted by molar-refractivity contribution is 6.04. The molecule has 3 aromatic heterocycles. The van der Waals surface area contributed by atoms with E-state index in [-0.39, 0.29) is 17.9 Å². The highest BCUT2D eigenvalue weighted by Crippen LogP contribution is 2.21. The quantitative estimate of drug-likeness (QED) is 0.543. The van der Waals surface area contributed by atoms with E-state index in [1.165, 1.54) is 0 Å². The number of pyridine rings is 1. The standard InChI is InChI=1S/C23H20N6O2/c30-22(18-5-1-6-19-21(18)26-10-9-25-19)27-13-17-15-28-11-3-7-20(28)23(31)29(17)14-16-4-2-8-24-12-16/h1-12,17H,13-15H2,(H,27,30). The molecule has 1 atom stereocenters. The van der Waals surface area contributed by atoms with Crippen molar-refractivity contribution in [2.75, 3.05) is 6.54 Å². The molecule has 0 saturated heterocycles. The number of nitrogens with zero attached hydrogens (tertiary/aromatic N) is 5. The highest BCUT2D eigenvalue weighted by atomic mass is 16.2. The van der Waals surface area contributed by atoms with Gasteiger partial charge in [-0.05, 0) is 35.9 Å². The van der Waals surface area contributed by atoms with Crippen molar-refractivity contribution in [1.82, 2.24) is 29.7 Å². The maximum Gasteiger partial charge on any atom is 0.271 e. The van der Waals surface area contributed by atoms with E-state index >= 15 is 0 Å². The van der Waals surface area contributed by atoms with Gasteiger partial charge in [0.05, 0.1) is 17.1 Å². The van der Waals surface area contributed by atoms with Crippen molar-refractivity contribution in [1.29, 1.82) is 0 Å². The molecule has 5 rings (SSSR count). The van der Waals surface area contributed by atoms with Gasteiger partial charge in [0.1, 0.15) is 11.2 Å². The summed E-state index contributed by atoms with van der Waals surface area (Å²) in [6, 6.07) is 12.6. The predicted molar refractivity (Wildman–Crippen MR) is 114 cm³/mol. The first-order chi connectivity index (χ1) is 15.2. The molecule has 1 aliphatic rings. The molecule has 8 heteroatoms. The largest absolute Gasteiger partial charge is 0.350 e. The average molecular weight is 412 g/mol. The van der Waals surface area contributed by atoms with E-state index in [1.54, 1.807) is 41.8 Å². The van der Waals surface area contributed by atoms with E-state index in [4.69, 9.17) is 0 Å². The van der Waals surface area contributed by atoms with Crippen LogP contribution in [-0.4, -0.2) is 48.8 Å². The Bertz CT molecular complexity index is 1250. The van der Waals surface area contributed by atoms with Crippen LogP contribution in [0.25, 0.3) is 11.0 Å². The van der Waals surface area contributed by atoms with Crippen molar-refractivity contribution < 1.29 is 9.59 Å². The Morgan fingerprint density at radius 1 is 1.06 bits per heavy atom. The molecule has 1 N–H and O–H groups in total. The number of fused-ring (bicyclic) bond motifs is 2. The van der Waals surface area contributed by atoms with Crippen molar-refractivity contribution in [2.45, 2.75) is 19.1 Å². The van der Waals surface area contributed by atoms with Gasteiger partial charge in [-0.2, -0.15) is 0 Å². The predicted octanol–water partition coefficient (Wildman–Crippen LogP) is 2.28. The van der Waals surface area contributed by atoms with Gasteiger partial charge < -0.3 is 14.8 Å². The van der Waals surface area contributed by atoms with Crippen LogP contribution in [0.5, 0.6) is 0 Å². The zero-order valence-electron chi connectivity index (χ0n) is 16.7. The molecule has 1 unspecified atom stereocenters. The van der Waals surface area contributed by atoms with E-state index < -0.39 is 0 Å². The number of benzene rings is 1. The summed E-state index contributed by atoms with van der Waals surface area (Å²) in [5.41, 5.74) is 3.28. The van der Waals surface area contributed by atoms with Crippen molar-refractivity contribution >= 4 is 22.8 Å². The van der Waals surface area contributed by atoms with Gasteiger partial charge in [0.2, 0.25) is 0 Å². The third-order valence-electron chi connectivity index (χ3n) is 5.47. The fraction of sp³-hybridized carbons (Fsp3) is 0.174. The van der Waals surface area contributed by atoms with Crippen molar-refractivity contribution in [3.05, 3.63) is 90.3 Å². The van der Waals surface area contributed by atoms with Crippen molar-refractivity contribution in [3.63, 3.8) is 0 Å². The van der Waals surface area contributed by atoms with Gasteiger partial charge in [-0.1, -0.05) is 12.1 Å². The molecule has 2 amide bonds. The van der Waals surface area contributed by atoms with Crippen LogP contribution in [0.4, 0.5) is 0 Å². The number of carbonyl (C=O) groups excluding carboxylic acids is 2. The number of amides is 2. The Kier molecular flexibility index (Phi) is 4.87. The molecule has 1 aliphatic heterocycles. The van der Waals surface area contributed by atoms with Crippen molar-refractivity contribution in [3.8, 4) is 0 Å². The number of hydrogen-bond acceptors (Lipinski definition) is 5. The van der Waals surface area contributed by atoms with Crippen LogP contribution in [0.2, 0.25) is 0 Å². The lowest BCUT2D eigenvalue weighted by molar-refractivity contribution is 0.0563. The van der Waals surface area contributed by atoms with Crippen LogP contribution >= 0.6 is 0 Å². The first-order valence-corrected chi connectivity index (χ1v) is 10.0. The first-order valence-electron chi connectivity index (χ1n) is 10.0. The normalized spacial score (nSPS) is 15.7. The second-order valence-electron chi connectivity index (χ2n) is 7.43. The molecule has 4 heterocycles. The fourth-order valence-corrected chi connectivity index (χ4v) is 3.95. The molecule has 0 fully saturated rings. The lowest BCUT2D eigenvalue weighted by Crippen LogP contribution is -2.52. The summed E-state index contributed by atoms with van der Waals surface area (Å²) in [6.07, 6.45) is 8.53. The smallest absolute Gasteiger partial charge is 0.271 e. The van der Waals surface area contributed by atoms with Gasteiger partial charge in [0.15, 0.2) is 0 Å². The van der Waals surface area contributed by atoms with E-state index in [0.29, 0.717) is 41.9 Å². The summed E-state index contributed by atoms with van der Waals surface area (Å²) < 4.78 is 1.93. The Hall–Kier alpha value is -4.07. The molecule has 8 nitrogen and oxygen atoms in total. The Morgan fingerprint density at radius 2 is 1.97 bits per heavy atom. The van der Waals surface area contributed by atoms with Gasteiger partial charge in [-0.15, -0.1) is 0 Å². The van der Waals surface area contributed by atoms with Gasteiger partial charge in [0, 0.05) is 50.6 Å². The first kappa shape index (κ1) is 18.9. The number of nitrogens with one attached hydrogen (secondary N) is 1. The molecule has 0 bridgehead atoms. The lowest BCUT2D eigenvalue weighted by atomic mass is 10.1. The Balaban J connectivity index is 1.38. The van der Waals surface area contributed by atoms with Crippen LogP contribution in [-0.2, 0) is 13.1 Å². The maximum absolute atomic E-state index is 13.1. The summed E-state index contributed by atoms with van der Waals surface area (Å²) in [7, 11) is 0. The Morgan fingerprint density at radius 3 is 2.84 bits per heavy atom. The second-order valence-corrected chi connectivity index (χ2v) is 7.43. The molecular formula is C23H20N6O2. The van der Waals surface area contributed by atoms with Gasteiger partial charge >= 0.3 is 0 Å². The Labute approximate surface area is 178 Å². The van der Waals surface area contributed by atoms with Crippen LogP contribution in [0.15, 0.2) is 73.4 Å². The van der Waals surface area contributed by atoms with Gasteiger partial charge in [0.25, 0.3) is 11.8 Å². The van der Waals surface area contributed by atoms with E-state index in [1.807, 2.05) is 41.1 Å². The molecule has 0 saturated carbocycles. The summed E-state index contributed by atoms with van der Waals surface area (Å²) in [5.74, 6) is -0.298. The van der Waals surface area contributed by atoms with Crippen LogP contribution < -0.4 is 5.32 Å². The summed E-state index contributed by atoms with van der Waals surface area (Å²) in [4.78, 5) is 40.6. The summed E-state index contributed by atoms with van der Waals surface area (Å²) in [6.45, 7) is 1.35. The molecule has 0 spiro atoms. The van der Waals surface area contributed by atoms with Crippen LogP contribution in [0.3, 0.4) is 0 Å². The molecule has 1 aromatic carbocycles. The zero-order chi connectivity index (χ0) is 21.2. The minimum Gasteiger partial charge on any atom is -0.350 e. The number of rotatable bonds is 5. The van der Waals surface area contributed by atoms with Crippen molar-refractivity contribution in [2.24, 2.45) is 0 Å². The summed E-state index contributed by atoms with van der Waals surface area (Å²) >= 11 is 0. The second kappa shape index (κ2) is 7.98. The average Bonchev–Trinajstić information content (AvgIpc) is 3.29. The molecular weight excluding hydrogens is 392 g/mol. The molecule has 31 heavy (non-hydrogen) atoms. The van der Waals surface area contributed by atoms with Gasteiger partial charge in [-0.25, -0.2) is 0 Å². The third kappa shape index (κ3) is 3.63. The topological polar surface area (TPSA) is 93.0 Å². The van der Waals surface area contributed by atoms with E-state index in [9.17, 15) is 9.59 Å². The number of hydrogen-bond donors (Lipinski definition) is 1.